The quantitative estimate of drug-likeness (QED) is 0.893. The van der Waals surface area contributed by atoms with Gasteiger partial charge in [0.15, 0.2) is 0 Å². The molecule has 1 atom stereocenters. The second-order valence-corrected chi connectivity index (χ2v) is 6.76. The van der Waals surface area contributed by atoms with Crippen LogP contribution in [0.4, 0.5) is 0 Å². The summed E-state index contributed by atoms with van der Waals surface area (Å²) >= 11 is 1.64. The van der Waals surface area contributed by atoms with Gasteiger partial charge in [-0.2, -0.15) is 0 Å². The Balaban J connectivity index is 2.57. The monoisotopic (exact) mass is 270 g/mol. The molecule has 0 fully saturated rings. The summed E-state index contributed by atoms with van der Waals surface area (Å²) in [5, 5.41) is 12.0. The number of thiazole rings is 1. The van der Waals surface area contributed by atoms with Crippen LogP contribution in [0.15, 0.2) is 5.38 Å². The van der Waals surface area contributed by atoms with E-state index in [0.717, 1.165) is 10.7 Å². The third-order valence-electron chi connectivity index (χ3n) is 2.73. The Morgan fingerprint density at radius 1 is 1.56 bits per heavy atom. The summed E-state index contributed by atoms with van der Waals surface area (Å²) in [5.41, 5.74) is 1.17. The standard InChI is InChI=1S/C13H22N2O2S/c1-9(12(16)17)6-15(5)7-11-14-10(8-18-11)13(2,3)4/h8-9H,6-7H2,1-5H3,(H,16,17). The van der Waals surface area contributed by atoms with Gasteiger partial charge in [-0.1, -0.05) is 27.7 Å². The van der Waals surface area contributed by atoms with Crippen molar-refractivity contribution < 1.29 is 9.90 Å². The highest BCUT2D eigenvalue weighted by Crippen LogP contribution is 2.24. The molecule has 1 unspecified atom stereocenters. The van der Waals surface area contributed by atoms with Gasteiger partial charge in [-0.05, 0) is 7.05 Å². The predicted molar refractivity (Wildman–Crippen MR) is 73.9 cm³/mol. The lowest BCUT2D eigenvalue weighted by molar-refractivity contribution is -0.141. The van der Waals surface area contributed by atoms with E-state index in [2.05, 4.69) is 31.1 Å². The van der Waals surface area contributed by atoms with Gasteiger partial charge < -0.3 is 5.11 Å². The average Bonchev–Trinajstić information content (AvgIpc) is 2.64. The Kier molecular flexibility index (Phi) is 4.87. The third-order valence-corrected chi connectivity index (χ3v) is 3.57. The zero-order valence-corrected chi connectivity index (χ0v) is 12.5. The van der Waals surface area contributed by atoms with Crippen LogP contribution in [0, 0.1) is 5.92 Å². The van der Waals surface area contributed by atoms with Gasteiger partial charge in [0.2, 0.25) is 0 Å². The molecule has 0 spiro atoms. The first-order valence-electron chi connectivity index (χ1n) is 6.06. The van der Waals surface area contributed by atoms with E-state index in [0.29, 0.717) is 13.1 Å². The van der Waals surface area contributed by atoms with Crippen molar-refractivity contribution in [3.8, 4) is 0 Å². The fourth-order valence-electron chi connectivity index (χ4n) is 1.57. The van der Waals surface area contributed by atoms with E-state index in [1.807, 2.05) is 11.9 Å². The molecule has 0 bridgehead atoms. The molecule has 1 rings (SSSR count). The number of carbonyl (C=O) groups is 1. The molecular weight excluding hydrogens is 248 g/mol. The van der Waals surface area contributed by atoms with Crippen molar-refractivity contribution in [2.75, 3.05) is 13.6 Å². The topological polar surface area (TPSA) is 53.4 Å². The largest absolute Gasteiger partial charge is 0.481 e. The maximum Gasteiger partial charge on any atom is 0.307 e. The van der Waals surface area contributed by atoms with Crippen LogP contribution in [0.3, 0.4) is 0 Å². The molecular formula is C13H22N2O2S. The summed E-state index contributed by atoms with van der Waals surface area (Å²) in [6.07, 6.45) is 0. The maximum absolute atomic E-state index is 10.8. The highest BCUT2D eigenvalue weighted by molar-refractivity contribution is 7.09. The first-order valence-corrected chi connectivity index (χ1v) is 6.94. The molecule has 1 N–H and O–H groups in total. The first kappa shape index (κ1) is 15.1. The van der Waals surface area contributed by atoms with Crippen LogP contribution in [0.5, 0.6) is 0 Å². The lowest BCUT2D eigenvalue weighted by atomic mass is 9.93. The van der Waals surface area contributed by atoms with E-state index in [4.69, 9.17) is 5.11 Å². The fraction of sp³-hybridized carbons (Fsp3) is 0.692. The minimum absolute atomic E-state index is 0.0711. The first-order chi connectivity index (χ1) is 8.20. The van der Waals surface area contributed by atoms with E-state index in [9.17, 15) is 4.79 Å². The van der Waals surface area contributed by atoms with Crippen LogP contribution < -0.4 is 0 Å². The van der Waals surface area contributed by atoms with Gasteiger partial charge in [0.05, 0.1) is 18.2 Å². The highest BCUT2D eigenvalue weighted by Gasteiger charge is 2.19. The molecule has 1 aromatic rings. The Morgan fingerprint density at radius 2 is 2.17 bits per heavy atom. The fourth-order valence-corrected chi connectivity index (χ4v) is 2.67. The molecule has 0 saturated carbocycles. The average molecular weight is 270 g/mol. The number of aromatic nitrogens is 1. The van der Waals surface area contributed by atoms with Crippen molar-refractivity contribution in [2.45, 2.75) is 39.7 Å². The summed E-state index contributed by atoms with van der Waals surface area (Å²) in [6.45, 7) is 9.39. The van der Waals surface area contributed by atoms with Gasteiger partial charge in [0.1, 0.15) is 5.01 Å². The van der Waals surface area contributed by atoms with E-state index in [-0.39, 0.29) is 11.3 Å². The lowest BCUT2D eigenvalue weighted by Crippen LogP contribution is -2.28. The number of hydrogen-bond acceptors (Lipinski definition) is 4. The highest BCUT2D eigenvalue weighted by atomic mass is 32.1. The maximum atomic E-state index is 10.8. The molecule has 0 saturated heterocycles. The van der Waals surface area contributed by atoms with Crippen molar-refractivity contribution in [1.29, 1.82) is 0 Å². The Bertz CT molecular complexity index is 409. The molecule has 1 aromatic heterocycles. The minimum atomic E-state index is -0.753. The smallest absolute Gasteiger partial charge is 0.307 e. The van der Waals surface area contributed by atoms with E-state index in [1.165, 1.54) is 0 Å². The van der Waals surface area contributed by atoms with Crippen molar-refractivity contribution in [3.63, 3.8) is 0 Å². The van der Waals surface area contributed by atoms with Crippen LogP contribution in [0.25, 0.3) is 0 Å². The number of carboxylic acid groups (broad SMARTS) is 1. The van der Waals surface area contributed by atoms with Crippen molar-refractivity contribution in [3.05, 3.63) is 16.1 Å². The van der Waals surface area contributed by atoms with Gasteiger partial charge in [0, 0.05) is 17.3 Å². The molecule has 0 aliphatic rings. The summed E-state index contributed by atoms with van der Waals surface area (Å²) < 4.78 is 0. The normalized spacial score (nSPS) is 13.9. The van der Waals surface area contributed by atoms with Crippen molar-refractivity contribution in [2.24, 2.45) is 5.92 Å². The molecule has 0 amide bonds. The summed E-state index contributed by atoms with van der Waals surface area (Å²) in [4.78, 5) is 17.4. The van der Waals surface area contributed by atoms with Crippen LogP contribution in [-0.4, -0.2) is 34.6 Å². The Hall–Kier alpha value is -0.940. The summed E-state index contributed by atoms with van der Waals surface area (Å²) in [6, 6.07) is 0. The predicted octanol–water partition coefficient (Wildman–Crippen LogP) is 2.59. The lowest BCUT2D eigenvalue weighted by Gasteiger charge is -2.18. The van der Waals surface area contributed by atoms with Gasteiger partial charge in [-0.15, -0.1) is 11.3 Å². The number of carboxylic acids is 1. The second kappa shape index (κ2) is 5.80. The SMILES string of the molecule is CC(CN(C)Cc1nc(C(C)(C)C)cs1)C(=O)O. The Labute approximate surface area is 113 Å². The van der Waals surface area contributed by atoms with Gasteiger partial charge in [-0.3, -0.25) is 9.69 Å². The van der Waals surface area contributed by atoms with E-state index in [1.54, 1.807) is 18.3 Å². The van der Waals surface area contributed by atoms with E-state index < -0.39 is 5.97 Å². The zero-order chi connectivity index (χ0) is 13.9. The van der Waals surface area contributed by atoms with Gasteiger partial charge in [-0.25, -0.2) is 4.98 Å². The zero-order valence-electron chi connectivity index (χ0n) is 11.7. The molecule has 0 aromatic carbocycles. The molecule has 4 nitrogen and oxygen atoms in total. The number of rotatable bonds is 5. The van der Waals surface area contributed by atoms with Crippen LogP contribution in [0.2, 0.25) is 0 Å². The summed E-state index contributed by atoms with van der Waals surface area (Å²) in [5.74, 6) is -1.10. The number of nitrogens with zero attached hydrogens (tertiary/aromatic N) is 2. The molecule has 5 heteroatoms. The number of hydrogen-bond donors (Lipinski definition) is 1. The second-order valence-electron chi connectivity index (χ2n) is 5.81. The van der Waals surface area contributed by atoms with Crippen LogP contribution in [0.1, 0.15) is 38.4 Å². The van der Waals surface area contributed by atoms with Gasteiger partial charge in [0.25, 0.3) is 0 Å². The molecule has 0 radical (unpaired) electrons. The van der Waals surface area contributed by atoms with Crippen molar-refractivity contribution >= 4 is 17.3 Å². The van der Waals surface area contributed by atoms with E-state index >= 15 is 0 Å². The van der Waals surface area contributed by atoms with Gasteiger partial charge >= 0.3 is 5.97 Å². The molecule has 0 aliphatic carbocycles. The molecule has 1 heterocycles. The van der Waals surface area contributed by atoms with Crippen molar-refractivity contribution in [1.82, 2.24) is 9.88 Å². The molecule has 102 valence electrons. The molecule has 0 aliphatic heterocycles. The molecule has 18 heavy (non-hydrogen) atoms. The summed E-state index contributed by atoms with van der Waals surface area (Å²) in [7, 11) is 1.93. The Morgan fingerprint density at radius 3 is 2.61 bits per heavy atom. The van der Waals surface area contributed by atoms with Crippen LogP contribution >= 0.6 is 11.3 Å². The number of aliphatic carboxylic acids is 1. The minimum Gasteiger partial charge on any atom is -0.481 e. The van der Waals surface area contributed by atoms with Crippen LogP contribution in [-0.2, 0) is 16.8 Å². The third kappa shape index (κ3) is 4.38.